The number of ether oxygens (including phenoxy) is 2. The fourth-order valence-corrected chi connectivity index (χ4v) is 5.14. The summed E-state index contributed by atoms with van der Waals surface area (Å²) in [6.07, 6.45) is -10.3. The molecule has 13 heteroatoms. The molecule has 0 saturated carbocycles. The van der Waals surface area contributed by atoms with E-state index in [0.29, 0.717) is 18.0 Å². The van der Waals surface area contributed by atoms with Crippen molar-refractivity contribution in [3.05, 3.63) is 53.1 Å². The first kappa shape index (κ1) is 23.6. The average molecular weight is 496 g/mol. The van der Waals surface area contributed by atoms with E-state index >= 15 is 0 Å². The van der Waals surface area contributed by atoms with E-state index in [0.717, 1.165) is 9.87 Å². The first-order valence-corrected chi connectivity index (χ1v) is 11.2. The molecule has 0 bridgehead atoms. The van der Waals surface area contributed by atoms with Crippen LogP contribution in [0.25, 0.3) is 0 Å². The number of nitrogens with zero attached hydrogens (tertiary/aromatic N) is 2. The molecular formula is C20H18F6N2O4S. The van der Waals surface area contributed by atoms with Gasteiger partial charge in [-0.3, -0.25) is 4.90 Å². The highest BCUT2D eigenvalue weighted by Gasteiger charge is 2.39. The van der Waals surface area contributed by atoms with Gasteiger partial charge in [0.15, 0.2) is 11.5 Å². The van der Waals surface area contributed by atoms with Crippen molar-refractivity contribution < 1.29 is 44.2 Å². The lowest BCUT2D eigenvalue weighted by atomic mass is 10.1. The normalized spacial score (nSPS) is 18.0. The fourth-order valence-electron chi connectivity index (χ4n) is 3.65. The predicted molar refractivity (Wildman–Crippen MR) is 103 cm³/mol. The topological polar surface area (TPSA) is 59.1 Å². The van der Waals surface area contributed by atoms with E-state index in [9.17, 15) is 34.8 Å². The smallest absolute Gasteiger partial charge is 0.416 e. The number of hydrogen-bond donors (Lipinski definition) is 0. The van der Waals surface area contributed by atoms with Crippen LogP contribution in [-0.2, 0) is 28.9 Å². The Labute approximate surface area is 185 Å². The Morgan fingerprint density at radius 3 is 1.94 bits per heavy atom. The van der Waals surface area contributed by atoms with Crippen molar-refractivity contribution in [1.82, 2.24) is 9.21 Å². The Morgan fingerprint density at radius 2 is 1.36 bits per heavy atom. The third-order valence-corrected chi connectivity index (χ3v) is 7.25. The zero-order valence-corrected chi connectivity index (χ0v) is 17.7. The minimum absolute atomic E-state index is 0.0789. The minimum Gasteiger partial charge on any atom is -0.454 e. The molecule has 0 amide bonds. The van der Waals surface area contributed by atoms with Crippen LogP contribution in [0.1, 0.15) is 16.7 Å². The second-order valence-corrected chi connectivity index (χ2v) is 9.55. The van der Waals surface area contributed by atoms with Crippen LogP contribution in [0, 0.1) is 0 Å². The van der Waals surface area contributed by atoms with Gasteiger partial charge < -0.3 is 9.47 Å². The van der Waals surface area contributed by atoms with Crippen molar-refractivity contribution in [2.75, 3.05) is 33.0 Å². The summed E-state index contributed by atoms with van der Waals surface area (Å²) in [4.78, 5) is 0.894. The number of benzene rings is 2. The highest BCUT2D eigenvalue weighted by Crippen LogP contribution is 2.38. The molecule has 2 aliphatic rings. The van der Waals surface area contributed by atoms with Crippen LogP contribution >= 0.6 is 0 Å². The number of fused-ring (bicyclic) bond motifs is 1. The zero-order chi connectivity index (χ0) is 24.0. The van der Waals surface area contributed by atoms with Crippen molar-refractivity contribution in [3.8, 4) is 11.5 Å². The molecule has 0 N–H and O–H groups in total. The largest absolute Gasteiger partial charge is 0.454 e. The molecule has 1 fully saturated rings. The summed E-state index contributed by atoms with van der Waals surface area (Å²) in [6.45, 7) is 0.930. The Bertz CT molecular complexity index is 1110. The van der Waals surface area contributed by atoms with Crippen molar-refractivity contribution in [3.63, 3.8) is 0 Å². The Hall–Kier alpha value is -2.51. The van der Waals surface area contributed by atoms with Gasteiger partial charge in [-0.1, -0.05) is 6.07 Å². The molecule has 1 saturated heterocycles. The van der Waals surface area contributed by atoms with Crippen LogP contribution in [0.4, 0.5) is 26.3 Å². The number of alkyl halides is 6. The number of hydrogen-bond acceptors (Lipinski definition) is 5. The lowest BCUT2D eigenvalue weighted by Gasteiger charge is -2.34. The molecule has 6 nitrogen and oxygen atoms in total. The summed E-state index contributed by atoms with van der Waals surface area (Å²) in [6, 6.07) is 5.77. The van der Waals surface area contributed by atoms with Gasteiger partial charge in [0.1, 0.15) is 0 Å². The van der Waals surface area contributed by atoms with E-state index in [2.05, 4.69) is 0 Å². The van der Waals surface area contributed by atoms with E-state index in [4.69, 9.17) is 9.47 Å². The first-order valence-electron chi connectivity index (χ1n) is 9.74. The molecule has 2 aliphatic heterocycles. The summed E-state index contributed by atoms with van der Waals surface area (Å²) in [5.74, 6) is 1.22. The molecule has 2 aromatic carbocycles. The van der Waals surface area contributed by atoms with Crippen molar-refractivity contribution in [2.24, 2.45) is 0 Å². The quantitative estimate of drug-likeness (QED) is 0.600. The number of sulfonamides is 1. The maximum Gasteiger partial charge on any atom is 0.416 e. The molecule has 0 radical (unpaired) electrons. The van der Waals surface area contributed by atoms with Crippen LogP contribution in [0.5, 0.6) is 11.5 Å². The van der Waals surface area contributed by atoms with Gasteiger partial charge in [-0.15, -0.1) is 0 Å². The molecule has 2 aromatic rings. The number of halogens is 6. The Kier molecular flexibility index (Phi) is 5.99. The van der Waals surface area contributed by atoms with Gasteiger partial charge in [-0.2, -0.15) is 30.6 Å². The Morgan fingerprint density at radius 1 is 0.788 bits per heavy atom. The molecule has 2 heterocycles. The third-order valence-electron chi connectivity index (χ3n) is 5.37. The molecule has 4 rings (SSSR count). The van der Waals surface area contributed by atoms with Gasteiger partial charge >= 0.3 is 12.4 Å². The van der Waals surface area contributed by atoms with Crippen LogP contribution < -0.4 is 9.47 Å². The number of rotatable bonds is 4. The van der Waals surface area contributed by atoms with Gasteiger partial charge in [0.25, 0.3) is 0 Å². The number of piperazine rings is 1. The van der Waals surface area contributed by atoms with Crippen molar-refractivity contribution in [1.29, 1.82) is 0 Å². The summed E-state index contributed by atoms with van der Waals surface area (Å²) in [7, 11) is -4.56. The second-order valence-electron chi connectivity index (χ2n) is 7.61. The van der Waals surface area contributed by atoms with Crippen LogP contribution in [0.15, 0.2) is 41.3 Å². The molecular weight excluding hydrogens is 478 g/mol. The lowest BCUT2D eigenvalue weighted by Crippen LogP contribution is -2.48. The van der Waals surface area contributed by atoms with Gasteiger partial charge in [-0.05, 0) is 35.9 Å². The Balaban J connectivity index is 1.50. The standard InChI is InChI=1S/C20H18F6N2O4S/c21-19(22,23)14-8-15(20(24,25)26)10-16(9-14)33(29,30)28-5-3-27(4-6-28)11-13-1-2-17-18(7-13)32-12-31-17/h1-2,7-10H,3-6,11-12H2. The van der Waals surface area contributed by atoms with Crippen molar-refractivity contribution >= 4 is 10.0 Å². The molecule has 0 atom stereocenters. The van der Waals surface area contributed by atoms with E-state index in [1.807, 2.05) is 11.0 Å². The van der Waals surface area contributed by atoms with Gasteiger partial charge in [0.2, 0.25) is 16.8 Å². The molecule has 180 valence electrons. The summed E-state index contributed by atoms with van der Waals surface area (Å²) in [5.41, 5.74) is -2.45. The second kappa shape index (κ2) is 8.37. The fraction of sp³-hybridized carbons (Fsp3) is 0.400. The van der Waals surface area contributed by atoms with Crippen LogP contribution in [0.2, 0.25) is 0 Å². The summed E-state index contributed by atoms with van der Waals surface area (Å²) < 4.78 is 116. The minimum atomic E-state index is -5.13. The highest BCUT2D eigenvalue weighted by atomic mass is 32.2. The van der Waals surface area contributed by atoms with E-state index in [-0.39, 0.29) is 51.2 Å². The zero-order valence-electron chi connectivity index (χ0n) is 16.9. The molecule has 0 unspecified atom stereocenters. The lowest BCUT2D eigenvalue weighted by molar-refractivity contribution is -0.143. The van der Waals surface area contributed by atoms with E-state index < -0.39 is 38.4 Å². The SMILES string of the molecule is O=S(=O)(c1cc(C(F)(F)F)cc(C(F)(F)F)c1)N1CCN(Cc2ccc3c(c2)OCO3)CC1. The maximum atomic E-state index is 13.1. The summed E-state index contributed by atoms with van der Waals surface area (Å²) in [5, 5.41) is 0. The van der Waals surface area contributed by atoms with E-state index in [1.54, 1.807) is 12.1 Å². The van der Waals surface area contributed by atoms with Crippen LogP contribution in [-0.4, -0.2) is 50.6 Å². The molecule has 0 aliphatic carbocycles. The molecule has 33 heavy (non-hydrogen) atoms. The van der Waals surface area contributed by atoms with Gasteiger partial charge in [-0.25, -0.2) is 8.42 Å². The predicted octanol–water partition coefficient (Wildman–Crippen LogP) is 3.96. The maximum absolute atomic E-state index is 13.1. The van der Waals surface area contributed by atoms with Gasteiger partial charge in [0.05, 0.1) is 16.0 Å². The monoisotopic (exact) mass is 496 g/mol. The van der Waals surface area contributed by atoms with Crippen LogP contribution in [0.3, 0.4) is 0 Å². The first-order chi connectivity index (χ1) is 15.3. The van der Waals surface area contributed by atoms with Crippen molar-refractivity contribution in [2.45, 2.75) is 23.8 Å². The van der Waals surface area contributed by atoms with Gasteiger partial charge in [0, 0.05) is 32.7 Å². The molecule has 0 spiro atoms. The average Bonchev–Trinajstić information content (AvgIpc) is 3.20. The molecule has 0 aromatic heterocycles. The highest BCUT2D eigenvalue weighted by molar-refractivity contribution is 7.89. The van der Waals surface area contributed by atoms with E-state index in [1.165, 1.54) is 0 Å². The third kappa shape index (κ3) is 5.04. The summed E-state index contributed by atoms with van der Waals surface area (Å²) >= 11 is 0.